The van der Waals surface area contributed by atoms with Gasteiger partial charge in [0.2, 0.25) is 0 Å². The van der Waals surface area contributed by atoms with Gasteiger partial charge in [-0.25, -0.2) is 0 Å². The van der Waals surface area contributed by atoms with Gasteiger partial charge >= 0.3 is 0 Å². The van der Waals surface area contributed by atoms with E-state index in [2.05, 4.69) is 62.5 Å². The maximum absolute atomic E-state index is 3.66. The average molecular weight is 259 g/mol. The van der Waals surface area contributed by atoms with Gasteiger partial charge < -0.3 is 5.32 Å². The number of aryl methyl sites for hydroxylation is 2. The molecular formula is C16H21NS. The van der Waals surface area contributed by atoms with E-state index < -0.39 is 0 Å². The van der Waals surface area contributed by atoms with Gasteiger partial charge in [0.15, 0.2) is 0 Å². The van der Waals surface area contributed by atoms with Crippen molar-refractivity contribution >= 4 is 11.3 Å². The Morgan fingerprint density at radius 2 is 1.89 bits per heavy atom. The molecule has 1 nitrogen and oxygen atoms in total. The third kappa shape index (κ3) is 3.01. The van der Waals surface area contributed by atoms with Crippen molar-refractivity contribution in [3.63, 3.8) is 0 Å². The number of thiophene rings is 1. The molecule has 96 valence electrons. The Morgan fingerprint density at radius 3 is 2.44 bits per heavy atom. The molecule has 0 aliphatic rings. The summed E-state index contributed by atoms with van der Waals surface area (Å²) in [6, 6.07) is 13.4. The molecular weight excluding hydrogens is 238 g/mol. The SMILES string of the molecule is CCCNC(c1ccccc1)c1cc(C)sc1C. The van der Waals surface area contributed by atoms with E-state index in [0.29, 0.717) is 6.04 Å². The third-order valence-corrected chi connectivity index (χ3v) is 4.10. The van der Waals surface area contributed by atoms with Crippen molar-refractivity contribution in [2.24, 2.45) is 0 Å². The molecule has 0 saturated heterocycles. The van der Waals surface area contributed by atoms with E-state index in [9.17, 15) is 0 Å². The van der Waals surface area contributed by atoms with E-state index in [-0.39, 0.29) is 0 Å². The molecule has 1 atom stereocenters. The van der Waals surface area contributed by atoms with Crippen LogP contribution < -0.4 is 5.32 Å². The zero-order valence-electron chi connectivity index (χ0n) is 11.4. The van der Waals surface area contributed by atoms with E-state index in [1.165, 1.54) is 20.9 Å². The van der Waals surface area contributed by atoms with Gasteiger partial charge in [-0.2, -0.15) is 0 Å². The second kappa shape index (κ2) is 6.17. The van der Waals surface area contributed by atoms with Gasteiger partial charge in [0.1, 0.15) is 0 Å². The van der Waals surface area contributed by atoms with Crippen molar-refractivity contribution in [3.8, 4) is 0 Å². The van der Waals surface area contributed by atoms with Crippen molar-refractivity contribution < 1.29 is 0 Å². The van der Waals surface area contributed by atoms with Crippen molar-refractivity contribution in [3.05, 3.63) is 57.3 Å². The number of hydrogen-bond donors (Lipinski definition) is 1. The fourth-order valence-corrected chi connectivity index (χ4v) is 3.24. The molecule has 0 aliphatic heterocycles. The number of hydrogen-bond acceptors (Lipinski definition) is 2. The fraction of sp³-hybridized carbons (Fsp3) is 0.375. The first-order valence-electron chi connectivity index (χ1n) is 6.57. The van der Waals surface area contributed by atoms with E-state index in [0.717, 1.165) is 13.0 Å². The lowest BCUT2D eigenvalue weighted by Gasteiger charge is -2.19. The summed E-state index contributed by atoms with van der Waals surface area (Å²) in [5, 5.41) is 3.66. The monoisotopic (exact) mass is 259 g/mol. The van der Waals surface area contributed by atoms with E-state index in [1.807, 2.05) is 11.3 Å². The van der Waals surface area contributed by atoms with Crippen LogP contribution in [0.15, 0.2) is 36.4 Å². The molecule has 0 radical (unpaired) electrons. The Labute approximate surface area is 114 Å². The van der Waals surface area contributed by atoms with Crippen LogP contribution in [0.5, 0.6) is 0 Å². The Balaban J connectivity index is 2.34. The standard InChI is InChI=1S/C16H21NS/c1-4-10-17-16(14-8-6-5-7-9-14)15-11-12(2)18-13(15)3/h5-9,11,16-17H,4,10H2,1-3H3. The van der Waals surface area contributed by atoms with Gasteiger partial charge in [0.05, 0.1) is 6.04 Å². The Morgan fingerprint density at radius 1 is 1.17 bits per heavy atom. The van der Waals surface area contributed by atoms with Crippen LogP contribution in [0.4, 0.5) is 0 Å². The summed E-state index contributed by atoms with van der Waals surface area (Å²) in [5.74, 6) is 0. The van der Waals surface area contributed by atoms with Gasteiger partial charge in [-0.1, -0.05) is 37.3 Å². The molecule has 18 heavy (non-hydrogen) atoms. The highest BCUT2D eigenvalue weighted by molar-refractivity contribution is 7.12. The zero-order chi connectivity index (χ0) is 13.0. The van der Waals surface area contributed by atoms with E-state index in [1.54, 1.807) is 0 Å². The maximum Gasteiger partial charge on any atom is 0.0587 e. The summed E-state index contributed by atoms with van der Waals surface area (Å²) in [5.41, 5.74) is 2.78. The summed E-state index contributed by atoms with van der Waals surface area (Å²) < 4.78 is 0. The van der Waals surface area contributed by atoms with Crippen LogP contribution in [0.3, 0.4) is 0 Å². The minimum Gasteiger partial charge on any atom is -0.306 e. The fourth-order valence-electron chi connectivity index (χ4n) is 2.28. The predicted octanol–water partition coefficient (Wildman–Crippen LogP) is 4.45. The molecule has 0 fully saturated rings. The molecule has 1 unspecified atom stereocenters. The lowest BCUT2D eigenvalue weighted by molar-refractivity contribution is 0.598. The third-order valence-electron chi connectivity index (χ3n) is 3.12. The first kappa shape index (κ1) is 13.3. The van der Waals surface area contributed by atoms with Gasteiger partial charge in [0, 0.05) is 9.75 Å². The van der Waals surface area contributed by atoms with Crippen LogP contribution in [-0.4, -0.2) is 6.54 Å². The summed E-state index contributed by atoms with van der Waals surface area (Å²) in [6.07, 6.45) is 1.16. The van der Waals surface area contributed by atoms with Crippen molar-refractivity contribution in [2.75, 3.05) is 6.54 Å². The Kier molecular flexibility index (Phi) is 4.56. The van der Waals surface area contributed by atoms with Crippen LogP contribution in [0.1, 0.15) is 40.3 Å². The lowest BCUT2D eigenvalue weighted by Crippen LogP contribution is -2.23. The molecule has 0 saturated carbocycles. The largest absolute Gasteiger partial charge is 0.306 e. The second-order valence-electron chi connectivity index (χ2n) is 4.67. The van der Waals surface area contributed by atoms with Gasteiger partial charge in [-0.15, -0.1) is 11.3 Å². The zero-order valence-corrected chi connectivity index (χ0v) is 12.2. The van der Waals surface area contributed by atoms with Crippen molar-refractivity contribution in [1.29, 1.82) is 0 Å². The summed E-state index contributed by atoms with van der Waals surface area (Å²) in [4.78, 5) is 2.81. The topological polar surface area (TPSA) is 12.0 Å². The lowest BCUT2D eigenvalue weighted by atomic mass is 9.99. The van der Waals surface area contributed by atoms with Crippen molar-refractivity contribution in [2.45, 2.75) is 33.2 Å². The minimum absolute atomic E-state index is 0.330. The molecule has 1 N–H and O–H groups in total. The summed E-state index contributed by atoms with van der Waals surface area (Å²) in [7, 11) is 0. The normalized spacial score (nSPS) is 12.6. The number of rotatable bonds is 5. The first-order valence-corrected chi connectivity index (χ1v) is 7.39. The van der Waals surface area contributed by atoms with Crippen LogP contribution in [0.2, 0.25) is 0 Å². The van der Waals surface area contributed by atoms with Crippen LogP contribution >= 0.6 is 11.3 Å². The average Bonchev–Trinajstić information content (AvgIpc) is 2.70. The van der Waals surface area contributed by atoms with Gasteiger partial charge in [0.25, 0.3) is 0 Å². The van der Waals surface area contributed by atoms with Crippen molar-refractivity contribution in [1.82, 2.24) is 5.32 Å². The van der Waals surface area contributed by atoms with Crippen LogP contribution in [0.25, 0.3) is 0 Å². The molecule has 1 heterocycles. The van der Waals surface area contributed by atoms with E-state index in [4.69, 9.17) is 0 Å². The Bertz CT molecular complexity index is 487. The molecule has 2 heteroatoms. The summed E-state index contributed by atoms with van der Waals surface area (Å²) in [6.45, 7) is 7.66. The quantitative estimate of drug-likeness (QED) is 0.836. The Hall–Kier alpha value is -1.12. The first-order chi connectivity index (χ1) is 8.72. The van der Waals surface area contributed by atoms with Gasteiger partial charge in [-0.05, 0) is 44.0 Å². The highest BCUT2D eigenvalue weighted by Crippen LogP contribution is 2.30. The smallest absolute Gasteiger partial charge is 0.0587 e. The number of benzene rings is 1. The predicted molar refractivity (Wildman–Crippen MR) is 80.4 cm³/mol. The maximum atomic E-state index is 3.66. The number of nitrogens with one attached hydrogen (secondary N) is 1. The van der Waals surface area contributed by atoms with Crippen LogP contribution in [-0.2, 0) is 0 Å². The minimum atomic E-state index is 0.330. The van der Waals surface area contributed by atoms with Crippen LogP contribution in [0, 0.1) is 13.8 Å². The molecule has 1 aromatic heterocycles. The summed E-state index contributed by atoms with van der Waals surface area (Å²) >= 11 is 1.89. The highest BCUT2D eigenvalue weighted by Gasteiger charge is 2.16. The molecule has 1 aromatic carbocycles. The van der Waals surface area contributed by atoms with Gasteiger partial charge in [-0.3, -0.25) is 0 Å². The molecule has 2 aromatic rings. The second-order valence-corrected chi connectivity index (χ2v) is 6.13. The molecule has 0 amide bonds. The highest BCUT2D eigenvalue weighted by atomic mass is 32.1. The molecule has 2 rings (SSSR count). The molecule has 0 aliphatic carbocycles. The molecule has 0 bridgehead atoms. The molecule has 0 spiro atoms. The van der Waals surface area contributed by atoms with E-state index >= 15 is 0 Å².